The lowest BCUT2D eigenvalue weighted by molar-refractivity contribution is 0.549. The molecule has 2 rings (SSSR count). The van der Waals surface area contributed by atoms with Crippen molar-refractivity contribution in [3.05, 3.63) is 56.7 Å². The molecule has 1 unspecified atom stereocenters. The topological polar surface area (TPSA) is 12.0 Å². The van der Waals surface area contributed by atoms with Crippen LogP contribution in [0.2, 0.25) is 5.02 Å². The zero-order valence-corrected chi connectivity index (χ0v) is 12.3. The van der Waals surface area contributed by atoms with Gasteiger partial charge in [-0.05, 0) is 44.0 Å². The van der Waals surface area contributed by atoms with Gasteiger partial charge in [0.1, 0.15) is 0 Å². The zero-order valence-electron chi connectivity index (χ0n) is 10.7. The van der Waals surface area contributed by atoms with Gasteiger partial charge in [-0.2, -0.15) is 0 Å². The standard InChI is InChI=1S/C15H18ClNS/c1-11(9-13-5-3-4-6-15(13)16)17-10-14-8-7-12(2)18-14/h3-8,11,17H,9-10H2,1-2H3. The van der Waals surface area contributed by atoms with Crippen LogP contribution in [-0.4, -0.2) is 6.04 Å². The van der Waals surface area contributed by atoms with Crippen LogP contribution in [0.25, 0.3) is 0 Å². The fourth-order valence-electron chi connectivity index (χ4n) is 1.92. The van der Waals surface area contributed by atoms with E-state index in [0.717, 1.165) is 18.0 Å². The number of hydrogen-bond acceptors (Lipinski definition) is 2. The molecular formula is C15H18ClNS. The molecule has 0 amide bonds. The van der Waals surface area contributed by atoms with Crippen molar-refractivity contribution in [2.24, 2.45) is 0 Å². The molecule has 1 aromatic carbocycles. The van der Waals surface area contributed by atoms with Crippen LogP contribution in [0.1, 0.15) is 22.2 Å². The highest BCUT2D eigenvalue weighted by molar-refractivity contribution is 7.11. The molecule has 0 spiro atoms. The first-order valence-corrected chi connectivity index (χ1v) is 7.36. The van der Waals surface area contributed by atoms with Gasteiger partial charge in [-0.25, -0.2) is 0 Å². The number of thiophene rings is 1. The molecule has 0 aliphatic carbocycles. The summed E-state index contributed by atoms with van der Waals surface area (Å²) in [5.41, 5.74) is 1.21. The number of aryl methyl sites for hydroxylation is 1. The number of hydrogen-bond donors (Lipinski definition) is 1. The summed E-state index contributed by atoms with van der Waals surface area (Å²) in [5.74, 6) is 0. The van der Waals surface area contributed by atoms with Crippen molar-refractivity contribution in [2.75, 3.05) is 0 Å². The van der Waals surface area contributed by atoms with E-state index in [1.54, 1.807) is 0 Å². The van der Waals surface area contributed by atoms with Gasteiger partial charge in [0, 0.05) is 27.4 Å². The van der Waals surface area contributed by atoms with Gasteiger partial charge in [-0.1, -0.05) is 29.8 Å². The Morgan fingerprint density at radius 3 is 2.67 bits per heavy atom. The van der Waals surface area contributed by atoms with Crippen LogP contribution in [0.4, 0.5) is 0 Å². The molecular weight excluding hydrogens is 262 g/mol. The largest absolute Gasteiger partial charge is 0.309 e. The van der Waals surface area contributed by atoms with Gasteiger partial charge in [0.15, 0.2) is 0 Å². The predicted molar refractivity (Wildman–Crippen MR) is 80.5 cm³/mol. The molecule has 0 aliphatic heterocycles. The van der Waals surface area contributed by atoms with Crippen LogP contribution < -0.4 is 5.32 Å². The summed E-state index contributed by atoms with van der Waals surface area (Å²) >= 11 is 8.01. The lowest BCUT2D eigenvalue weighted by Gasteiger charge is -2.14. The average molecular weight is 280 g/mol. The Morgan fingerprint density at radius 2 is 2.00 bits per heavy atom. The van der Waals surface area contributed by atoms with Crippen molar-refractivity contribution in [1.29, 1.82) is 0 Å². The van der Waals surface area contributed by atoms with Crippen molar-refractivity contribution in [3.8, 4) is 0 Å². The van der Waals surface area contributed by atoms with Gasteiger partial charge in [0.2, 0.25) is 0 Å². The van der Waals surface area contributed by atoms with E-state index in [1.165, 1.54) is 15.3 Å². The van der Waals surface area contributed by atoms with Crippen LogP contribution in [0.3, 0.4) is 0 Å². The average Bonchev–Trinajstić information content (AvgIpc) is 2.76. The summed E-state index contributed by atoms with van der Waals surface area (Å²) in [5, 5.41) is 4.40. The first kappa shape index (κ1) is 13.6. The molecule has 1 N–H and O–H groups in total. The highest BCUT2D eigenvalue weighted by Gasteiger charge is 2.06. The number of benzene rings is 1. The first-order chi connectivity index (χ1) is 8.65. The minimum Gasteiger partial charge on any atom is -0.309 e. The van der Waals surface area contributed by atoms with E-state index in [4.69, 9.17) is 11.6 Å². The maximum atomic E-state index is 6.16. The molecule has 0 radical (unpaired) electrons. The molecule has 1 atom stereocenters. The van der Waals surface area contributed by atoms with Gasteiger partial charge in [0.05, 0.1) is 0 Å². The summed E-state index contributed by atoms with van der Waals surface area (Å²) < 4.78 is 0. The van der Waals surface area contributed by atoms with E-state index in [2.05, 4.69) is 37.4 Å². The normalized spacial score (nSPS) is 12.6. The van der Waals surface area contributed by atoms with Crippen molar-refractivity contribution in [1.82, 2.24) is 5.32 Å². The second-order valence-electron chi connectivity index (χ2n) is 4.59. The highest BCUT2D eigenvalue weighted by atomic mass is 35.5. The van der Waals surface area contributed by atoms with Gasteiger partial charge in [0.25, 0.3) is 0 Å². The third-order valence-corrected chi connectivity index (χ3v) is 4.27. The molecule has 1 aromatic heterocycles. The highest BCUT2D eigenvalue weighted by Crippen LogP contribution is 2.18. The van der Waals surface area contributed by atoms with E-state index in [0.29, 0.717) is 6.04 Å². The lowest BCUT2D eigenvalue weighted by atomic mass is 10.1. The molecule has 96 valence electrons. The Morgan fingerprint density at radius 1 is 1.22 bits per heavy atom. The lowest BCUT2D eigenvalue weighted by Crippen LogP contribution is -2.27. The summed E-state index contributed by atoms with van der Waals surface area (Å²) in [6.45, 7) is 5.27. The van der Waals surface area contributed by atoms with E-state index < -0.39 is 0 Å². The van der Waals surface area contributed by atoms with Crippen LogP contribution in [-0.2, 0) is 13.0 Å². The molecule has 0 fully saturated rings. The molecule has 0 bridgehead atoms. The Balaban J connectivity index is 1.85. The third kappa shape index (κ3) is 3.84. The van der Waals surface area contributed by atoms with Crippen molar-refractivity contribution >= 4 is 22.9 Å². The molecule has 18 heavy (non-hydrogen) atoms. The maximum Gasteiger partial charge on any atom is 0.0438 e. The first-order valence-electron chi connectivity index (χ1n) is 6.17. The minimum atomic E-state index is 0.423. The number of nitrogens with one attached hydrogen (secondary N) is 1. The van der Waals surface area contributed by atoms with E-state index >= 15 is 0 Å². The molecule has 1 heterocycles. The fraction of sp³-hybridized carbons (Fsp3) is 0.333. The monoisotopic (exact) mass is 279 g/mol. The summed E-state index contributed by atoms with van der Waals surface area (Å²) in [4.78, 5) is 2.75. The molecule has 1 nitrogen and oxygen atoms in total. The molecule has 2 aromatic rings. The Kier molecular flexibility index (Phi) is 4.81. The molecule has 3 heteroatoms. The summed E-state index contributed by atoms with van der Waals surface area (Å²) in [6.07, 6.45) is 0.962. The maximum absolute atomic E-state index is 6.16. The minimum absolute atomic E-state index is 0.423. The van der Waals surface area contributed by atoms with Gasteiger partial charge in [-0.15, -0.1) is 11.3 Å². The zero-order chi connectivity index (χ0) is 13.0. The number of rotatable bonds is 5. The fourth-order valence-corrected chi connectivity index (χ4v) is 2.98. The summed E-state index contributed by atoms with van der Waals surface area (Å²) in [6, 6.07) is 12.8. The van der Waals surface area contributed by atoms with Gasteiger partial charge >= 0.3 is 0 Å². The Hall–Kier alpha value is -0.830. The van der Waals surface area contributed by atoms with Crippen molar-refractivity contribution in [2.45, 2.75) is 32.9 Å². The molecule has 0 saturated heterocycles. The SMILES string of the molecule is Cc1ccc(CNC(C)Cc2ccccc2Cl)s1. The van der Waals surface area contributed by atoms with E-state index in [9.17, 15) is 0 Å². The predicted octanol–water partition coefficient (Wildman–Crippen LogP) is 4.43. The van der Waals surface area contributed by atoms with Crippen LogP contribution in [0, 0.1) is 6.92 Å². The van der Waals surface area contributed by atoms with Gasteiger partial charge in [-0.3, -0.25) is 0 Å². The van der Waals surface area contributed by atoms with Crippen LogP contribution in [0.5, 0.6) is 0 Å². The Labute approximate surface area is 118 Å². The van der Waals surface area contributed by atoms with Crippen LogP contribution in [0.15, 0.2) is 36.4 Å². The quantitative estimate of drug-likeness (QED) is 0.854. The van der Waals surface area contributed by atoms with Gasteiger partial charge < -0.3 is 5.32 Å². The Bertz CT molecular complexity index is 507. The van der Waals surface area contributed by atoms with E-state index in [1.807, 2.05) is 29.5 Å². The second kappa shape index (κ2) is 6.37. The van der Waals surface area contributed by atoms with E-state index in [-0.39, 0.29) is 0 Å². The third-order valence-electron chi connectivity index (χ3n) is 2.90. The van der Waals surface area contributed by atoms with Crippen molar-refractivity contribution < 1.29 is 0 Å². The molecule has 0 saturated carbocycles. The van der Waals surface area contributed by atoms with Crippen molar-refractivity contribution in [3.63, 3.8) is 0 Å². The van der Waals surface area contributed by atoms with Crippen LogP contribution >= 0.6 is 22.9 Å². The molecule has 0 aliphatic rings. The second-order valence-corrected chi connectivity index (χ2v) is 6.37. The summed E-state index contributed by atoms with van der Waals surface area (Å²) in [7, 11) is 0. The number of halogens is 1. The smallest absolute Gasteiger partial charge is 0.0438 e.